The van der Waals surface area contributed by atoms with Crippen LogP contribution < -0.4 is 14.6 Å². The third-order valence-electron chi connectivity index (χ3n) is 4.95. The summed E-state index contributed by atoms with van der Waals surface area (Å²) < 4.78 is 23.2. The van der Waals surface area contributed by atoms with Gasteiger partial charge in [-0.1, -0.05) is 19.1 Å². The van der Waals surface area contributed by atoms with Gasteiger partial charge in [-0.3, -0.25) is 4.90 Å². The van der Waals surface area contributed by atoms with E-state index >= 15 is 0 Å². The fourth-order valence-electron chi connectivity index (χ4n) is 3.42. The number of carbonyl (C=O) groups is 1. The highest BCUT2D eigenvalue weighted by atomic mass is 16.8. The van der Waals surface area contributed by atoms with E-state index in [1.165, 1.54) is 0 Å². The number of hydrogen-bond acceptors (Lipinski definition) is 7. The van der Waals surface area contributed by atoms with Crippen LogP contribution in [0.5, 0.6) is 11.5 Å². The molecule has 0 N–H and O–H groups in total. The van der Waals surface area contributed by atoms with Crippen LogP contribution in [0.2, 0.25) is 0 Å². The fraction of sp³-hybridized carbons (Fsp3) is 0.611. The number of nitrogens with zero attached hydrogens (tertiary/aromatic N) is 1. The minimum absolute atomic E-state index is 0.133. The predicted molar refractivity (Wildman–Crippen MR) is 87.1 cm³/mol. The predicted octanol–water partition coefficient (Wildman–Crippen LogP) is 0.768. The van der Waals surface area contributed by atoms with Crippen LogP contribution in [0.3, 0.4) is 0 Å². The number of hydrogen-bond donors (Lipinski definition) is 0. The zero-order chi connectivity index (χ0) is 18.1. The van der Waals surface area contributed by atoms with E-state index in [4.69, 9.17) is 18.9 Å². The van der Waals surface area contributed by atoms with Gasteiger partial charge < -0.3 is 28.8 Å². The van der Waals surface area contributed by atoms with E-state index in [-0.39, 0.29) is 6.42 Å². The average molecular weight is 350 g/mol. The molecule has 2 heterocycles. The molecule has 7 heteroatoms. The summed E-state index contributed by atoms with van der Waals surface area (Å²) in [4.78, 5) is 14.2. The van der Waals surface area contributed by atoms with E-state index in [1.807, 2.05) is 11.8 Å². The molecular formula is C18H24NO6-. The van der Waals surface area contributed by atoms with Gasteiger partial charge in [-0.2, -0.15) is 0 Å². The second-order valence-corrected chi connectivity index (χ2v) is 6.43. The Labute approximate surface area is 147 Å². The molecule has 1 saturated heterocycles. The molecule has 2 atom stereocenters. The lowest BCUT2D eigenvalue weighted by molar-refractivity contribution is -0.358. The number of para-hydroxylation sites is 2. The van der Waals surface area contributed by atoms with E-state index < -0.39 is 23.6 Å². The van der Waals surface area contributed by atoms with Crippen molar-refractivity contribution in [1.29, 1.82) is 0 Å². The molecule has 0 radical (unpaired) electrons. The molecule has 0 aliphatic carbocycles. The summed E-state index contributed by atoms with van der Waals surface area (Å²) in [5.41, 5.74) is -1.76. The molecule has 25 heavy (non-hydrogen) atoms. The lowest BCUT2D eigenvalue weighted by atomic mass is 9.90. The second kappa shape index (κ2) is 6.82. The Hall–Kier alpha value is -1.83. The molecule has 3 rings (SSSR count). The first-order valence-corrected chi connectivity index (χ1v) is 8.60. The van der Waals surface area contributed by atoms with Crippen LogP contribution in [0.1, 0.15) is 27.2 Å². The molecule has 1 aromatic rings. The number of benzene rings is 1. The zero-order valence-corrected chi connectivity index (χ0v) is 14.8. The number of carbonyl (C=O) groups excluding carboxylic acids is 1. The molecule has 1 aromatic carbocycles. The summed E-state index contributed by atoms with van der Waals surface area (Å²) in [6, 6.07) is 7.08. The quantitative estimate of drug-likeness (QED) is 0.749. The van der Waals surface area contributed by atoms with Crippen LogP contribution in [0, 0.1) is 0 Å². The summed E-state index contributed by atoms with van der Waals surface area (Å²) >= 11 is 0. The van der Waals surface area contributed by atoms with Gasteiger partial charge in [-0.15, -0.1) is 0 Å². The van der Waals surface area contributed by atoms with Gasteiger partial charge in [0.15, 0.2) is 17.1 Å². The highest BCUT2D eigenvalue weighted by molar-refractivity contribution is 5.77. The number of ether oxygens (including phenoxy) is 4. The summed E-state index contributed by atoms with van der Waals surface area (Å²) in [5, 5.41) is 12.2. The normalized spacial score (nSPS) is 23.0. The standard InChI is InChI=1S/C18H25NO6/c1-4-18(16(20)21,23-13(2)19-9-11-22-12-10-19)17(3)24-14-7-5-6-8-15(14)25-17/h5-8,13H,4,9-12H2,1-3H3,(H,20,21)/p-1. The maximum atomic E-state index is 12.2. The molecule has 1 fully saturated rings. The number of fused-ring (bicyclic) bond motifs is 1. The van der Waals surface area contributed by atoms with E-state index in [1.54, 1.807) is 38.1 Å². The van der Waals surface area contributed by atoms with Crippen molar-refractivity contribution in [3.8, 4) is 11.5 Å². The lowest BCUT2D eigenvalue weighted by Crippen LogP contribution is -2.69. The second-order valence-electron chi connectivity index (χ2n) is 6.43. The molecule has 2 aliphatic rings. The Morgan fingerprint density at radius 3 is 2.36 bits per heavy atom. The first kappa shape index (κ1) is 18.0. The highest BCUT2D eigenvalue weighted by Crippen LogP contribution is 2.46. The van der Waals surface area contributed by atoms with Gasteiger partial charge in [0.1, 0.15) is 6.23 Å². The fourth-order valence-corrected chi connectivity index (χ4v) is 3.42. The summed E-state index contributed by atoms with van der Waals surface area (Å²) in [5.74, 6) is -1.89. The highest BCUT2D eigenvalue weighted by Gasteiger charge is 2.58. The molecule has 0 bridgehead atoms. The topological polar surface area (TPSA) is 80.3 Å². The molecule has 2 unspecified atom stereocenters. The molecule has 0 saturated carbocycles. The number of carboxylic acid groups (broad SMARTS) is 1. The van der Waals surface area contributed by atoms with Gasteiger partial charge >= 0.3 is 0 Å². The van der Waals surface area contributed by atoms with Gasteiger partial charge in [0.25, 0.3) is 5.79 Å². The van der Waals surface area contributed by atoms with Crippen molar-refractivity contribution in [3.05, 3.63) is 24.3 Å². The molecule has 0 amide bonds. The number of aliphatic carboxylic acids is 1. The maximum absolute atomic E-state index is 12.2. The lowest BCUT2D eigenvalue weighted by Gasteiger charge is -2.47. The van der Waals surface area contributed by atoms with Crippen LogP contribution >= 0.6 is 0 Å². The number of rotatable bonds is 6. The smallest absolute Gasteiger partial charge is 0.283 e. The van der Waals surface area contributed by atoms with Gasteiger partial charge in [-0.25, -0.2) is 0 Å². The monoisotopic (exact) mass is 350 g/mol. The van der Waals surface area contributed by atoms with E-state index in [9.17, 15) is 9.90 Å². The van der Waals surface area contributed by atoms with Gasteiger partial charge in [0.05, 0.1) is 19.2 Å². The van der Waals surface area contributed by atoms with Crippen molar-refractivity contribution in [3.63, 3.8) is 0 Å². The van der Waals surface area contributed by atoms with Crippen molar-refractivity contribution in [2.24, 2.45) is 0 Å². The molecule has 0 spiro atoms. The Bertz CT molecular complexity index is 605. The Kier molecular flexibility index (Phi) is 4.90. The minimum atomic E-state index is -1.76. The summed E-state index contributed by atoms with van der Waals surface area (Å²) in [7, 11) is 0. The molecular weight excluding hydrogens is 326 g/mol. The van der Waals surface area contributed by atoms with Crippen molar-refractivity contribution in [1.82, 2.24) is 4.90 Å². The third-order valence-corrected chi connectivity index (χ3v) is 4.95. The first-order chi connectivity index (χ1) is 11.9. The molecule has 138 valence electrons. The van der Waals surface area contributed by atoms with E-state index in [0.717, 1.165) is 0 Å². The minimum Gasteiger partial charge on any atom is -0.547 e. The van der Waals surface area contributed by atoms with Gasteiger partial charge in [0, 0.05) is 20.0 Å². The molecule has 0 aromatic heterocycles. The zero-order valence-electron chi connectivity index (χ0n) is 14.8. The van der Waals surface area contributed by atoms with Crippen LogP contribution in [0.25, 0.3) is 0 Å². The molecule has 7 nitrogen and oxygen atoms in total. The third kappa shape index (κ3) is 3.07. The van der Waals surface area contributed by atoms with Crippen molar-refractivity contribution >= 4 is 5.97 Å². The van der Waals surface area contributed by atoms with Crippen LogP contribution in [-0.2, 0) is 14.3 Å². The summed E-state index contributed by atoms with van der Waals surface area (Å²) in [6.07, 6.45) is -0.316. The van der Waals surface area contributed by atoms with Crippen molar-refractivity contribution < 1.29 is 28.8 Å². The number of carboxylic acids is 1. The molecule has 2 aliphatic heterocycles. The van der Waals surface area contributed by atoms with E-state index in [2.05, 4.69) is 0 Å². The number of morpholine rings is 1. The van der Waals surface area contributed by atoms with Crippen molar-refractivity contribution in [2.75, 3.05) is 26.3 Å². The first-order valence-electron chi connectivity index (χ1n) is 8.60. The van der Waals surface area contributed by atoms with Gasteiger partial charge in [-0.05, 0) is 25.5 Å². The Balaban J connectivity index is 1.87. The van der Waals surface area contributed by atoms with Crippen LogP contribution in [0.15, 0.2) is 24.3 Å². The van der Waals surface area contributed by atoms with Crippen LogP contribution in [-0.4, -0.2) is 54.8 Å². The van der Waals surface area contributed by atoms with Gasteiger partial charge in [0.2, 0.25) is 0 Å². The van der Waals surface area contributed by atoms with E-state index in [0.29, 0.717) is 37.8 Å². The summed E-state index contributed by atoms with van der Waals surface area (Å²) in [6.45, 7) is 7.66. The SMILES string of the molecule is CCC(OC(C)N1CCOCC1)(C(=O)[O-])C1(C)Oc2ccccc2O1. The van der Waals surface area contributed by atoms with Crippen molar-refractivity contribution in [2.45, 2.75) is 44.8 Å². The van der Waals surface area contributed by atoms with Crippen LogP contribution in [0.4, 0.5) is 0 Å². The average Bonchev–Trinajstić information content (AvgIpc) is 2.97. The Morgan fingerprint density at radius 1 is 1.32 bits per heavy atom. The maximum Gasteiger partial charge on any atom is 0.283 e. The Morgan fingerprint density at radius 2 is 1.88 bits per heavy atom. The largest absolute Gasteiger partial charge is 0.547 e.